The van der Waals surface area contributed by atoms with Gasteiger partial charge in [-0.2, -0.15) is 13.2 Å². The molecule has 1 N–H and O–H groups in total. The number of benzene rings is 1. The molecule has 1 aromatic rings. The summed E-state index contributed by atoms with van der Waals surface area (Å²) in [5.74, 6) is -1.62. The van der Waals surface area contributed by atoms with Crippen LogP contribution in [-0.4, -0.2) is 20.6 Å². The zero-order valence-corrected chi connectivity index (χ0v) is 11.3. The fourth-order valence-electron chi connectivity index (χ4n) is 2.06. The monoisotopic (exact) mass is 307 g/mol. The van der Waals surface area contributed by atoms with Crippen molar-refractivity contribution in [3.63, 3.8) is 0 Å². The number of hydrogen-bond acceptors (Lipinski definition) is 3. The van der Waals surface area contributed by atoms with Crippen molar-refractivity contribution in [3.8, 4) is 0 Å². The predicted octanol–water partition coefficient (Wildman–Crippen LogP) is 1.88. The number of carbonyl (C=O) groups excluding carboxylic acids is 1. The molecule has 1 amide bonds. The van der Waals surface area contributed by atoms with E-state index < -0.39 is 33.6 Å². The van der Waals surface area contributed by atoms with Crippen LogP contribution in [-0.2, 0) is 21.0 Å². The summed E-state index contributed by atoms with van der Waals surface area (Å²) >= 11 is 0. The Morgan fingerprint density at radius 1 is 1.35 bits per heavy atom. The van der Waals surface area contributed by atoms with Crippen molar-refractivity contribution in [1.82, 2.24) is 4.72 Å². The maximum atomic E-state index is 12.6. The summed E-state index contributed by atoms with van der Waals surface area (Å²) in [5.41, 5.74) is -0.377. The van der Waals surface area contributed by atoms with Crippen LogP contribution in [0.25, 0.3) is 0 Å². The molecule has 0 spiro atoms. The van der Waals surface area contributed by atoms with E-state index in [1.54, 1.807) is 0 Å². The van der Waals surface area contributed by atoms with Crippen molar-refractivity contribution in [1.29, 1.82) is 0 Å². The molecule has 110 valence electrons. The summed E-state index contributed by atoms with van der Waals surface area (Å²) < 4.78 is 61.4. The Morgan fingerprint density at radius 2 is 2.00 bits per heavy atom. The van der Waals surface area contributed by atoms with Crippen molar-refractivity contribution >= 4 is 15.9 Å². The molecule has 0 radical (unpaired) electrons. The standard InChI is InChI=1S/C12H12F3NO3S/c1-20(18,19)16-11(17)10-6-9(10)7-3-2-4-8(5-7)12(13,14)15/h2-5,9-10H,6H2,1H3,(H,16,17). The van der Waals surface area contributed by atoms with Gasteiger partial charge in [-0.25, -0.2) is 8.42 Å². The quantitative estimate of drug-likeness (QED) is 0.927. The highest BCUT2D eigenvalue weighted by Gasteiger charge is 2.45. The molecular weight excluding hydrogens is 295 g/mol. The van der Waals surface area contributed by atoms with E-state index in [-0.39, 0.29) is 5.92 Å². The van der Waals surface area contributed by atoms with Gasteiger partial charge >= 0.3 is 6.18 Å². The Morgan fingerprint density at radius 3 is 2.55 bits per heavy atom. The van der Waals surface area contributed by atoms with Crippen LogP contribution in [0.4, 0.5) is 13.2 Å². The van der Waals surface area contributed by atoms with E-state index in [1.165, 1.54) is 12.1 Å². The SMILES string of the molecule is CS(=O)(=O)NC(=O)C1CC1c1cccc(C(F)(F)F)c1. The van der Waals surface area contributed by atoms with Gasteiger partial charge in [-0.1, -0.05) is 18.2 Å². The van der Waals surface area contributed by atoms with E-state index in [0.717, 1.165) is 18.4 Å². The van der Waals surface area contributed by atoms with Gasteiger partial charge in [0.15, 0.2) is 0 Å². The van der Waals surface area contributed by atoms with Crippen LogP contribution in [0.3, 0.4) is 0 Å². The summed E-state index contributed by atoms with van der Waals surface area (Å²) in [6.45, 7) is 0. The normalized spacial score (nSPS) is 22.4. The van der Waals surface area contributed by atoms with Crippen LogP contribution in [0, 0.1) is 5.92 Å². The van der Waals surface area contributed by atoms with Gasteiger partial charge in [0.1, 0.15) is 0 Å². The van der Waals surface area contributed by atoms with Crippen molar-refractivity contribution in [2.24, 2.45) is 5.92 Å². The van der Waals surface area contributed by atoms with Crippen molar-refractivity contribution in [3.05, 3.63) is 35.4 Å². The van der Waals surface area contributed by atoms with E-state index in [2.05, 4.69) is 0 Å². The Hall–Kier alpha value is -1.57. The molecule has 2 atom stereocenters. The minimum atomic E-state index is -4.44. The average Bonchev–Trinajstić information content (AvgIpc) is 3.05. The number of carbonyl (C=O) groups is 1. The highest BCUT2D eigenvalue weighted by Crippen LogP contribution is 2.48. The number of sulfonamides is 1. The lowest BCUT2D eigenvalue weighted by Crippen LogP contribution is -2.30. The third kappa shape index (κ3) is 3.50. The first-order valence-electron chi connectivity index (χ1n) is 5.77. The van der Waals surface area contributed by atoms with Crippen LogP contribution in [0.15, 0.2) is 24.3 Å². The van der Waals surface area contributed by atoms with Gasteiger partial charge in [-0.3, -0.25) is 9.52 Å². The Labute approximate surface area is 114 Å². The molecule has 4 nitrogen and oxygen atoms in total. The summed E-state index contributed by atoms with van der Waals surface area (Å²) in [7, 11) is -3.64. The van der Waals surface area contributed by atoms with E-state index in [9.17, 15) is 26.4 Å². The molecule has 0 heterocycles. The Bertz CT molecular complexity index is 640. The number of hydrogen-bond donors (Lipinski definition) is 1. The first-order valence-corrected chi connectivity index (χ1v) is 7.66. The average molecular weight is 307 g/mol. The second-order valence-corrected chi connectivity index (χ2v) is 6.56. The van der Waals surface area contributed by atoms with E-state index in [4.69, 9.17) is 0 Å². The minimum absolute atomic E-state index is 0.350. The maximum absolute atomic E-state index is 12.6. The third-order valence-corrected chi connectivity index (χ3v) is 3.63. The third-order valence-electron chi connectivity index (χ3n) is 3.06. The van der Waals surface area contributed by atoms with Crippen LogP contribution in [0.1, 0.15) is 23.5 Å². The molecule has 2 rings (SSSR count). The fourth-order valence-corrected chi connectivity index (χ4v) is 2.57. The lowest BCUT2D eigenvalue weighted by atomic mass is 10.1. The Kier molecular flexibility index (Phi) is 3.53. The zero-order valence-electron chi connectivity index (χ0n) is 10.4. The van der Waals surface area contributed by atoms with E-state index in [0.29, 0.717) is 12.0 Å². The first-order chi connectivity index (χ1) is 9.08. The van der Waals surface area contributed by atoms with Crippen molar-refractivity contribution in [2.75, 3.05) is 6.26 Å². The fraction of sp³-hybridized carbons (Fsp3) is 0.417. The van der Waals surface area contributed by atoms with Gasteiger partial charge in [-0.15, -0.1) is 0 Å². The molecule has 1 aliphatic carbocycles. The highest BCUT2D eigenvalue weighted by molar-refractivity contribution is 7.89. The van der Waals surface area contributed by atoms with E-state index in [1.807, 2.05) is 4.72 Å². The number of rotatable bonds is 3. The summed E-state index contributed by atoms with van der Waals surface area (Å²) in [6.07, 6.45) is -3.23. The molecule has 20 heavy (non-hydrogen) atoms. The van der Waals surface area contributed by atoms with Gasteiger partial charge < -0.3 is 0 Å². The largest absolute Gasteiger partial charge is 0.416 e. The molecule has 0 aromatic heterocycles. The topological polar surface area (TPSA) is 63.2 Å². The van der Waals surface area contributed by atoms with Crippen LogP contribution < -0.4 is 4.72 Å². The van der Waals surface area contributed by atoms with Gasteiger partial charge in [0.25, 0.3) is 0 Å². The lowest BCUT2D eigenvalue weighted by Gasteiger charge is -2.08. The second kappa shape index (κ2) is 4.76. The second-order valence-electron chi connectivity index (χ2n) is 4.81. The lowest BCUT2D eigenvalue weighted by molar-refractivity contribution is -0.137. The van der Waals surface area contributed by atoms with Gasteiger partial charge in [-0.05, 0) is 24.0 Å². The summed E-state index contributed by atoms with van der Waals surface area (Å²) in [4.78, 5) is 11.6. The van der Waals surface area contributed by atoms with Crippen molar-refractivity contribution in [2.45, 2.75) is 18.5 Å². The maximum Gasteiger partial charge on any atom is 0.416 e. The summed E-state index contributed by atoms with van der Waals surface area (Å²) in [5, 5.41) is 0. The van der Waals surface area contributed by atoms with Crippen LogP contribution in [0.2, 0.25) is 0 Å². The summed E-state index contributed by atoms with van der Waals surface area (Å²) in [6, 6.07) is 4.74. The van der Waals surface area contributed by atoms with Crippen LogP contribution in [0.5, 0.6) is 0 Å². The van der Waals surface area contributed by atoms with Gasteiger partial charge in [0.2, 0.25) is 15.9 Å². The minimum Gasteiger partial charge on any atom is -0.274 e. The molecule has 1 saturated carbocycles. The number of halogens is 3. The number of alkyl halides is 3. The zero-order chi connectivity index (χ0) is 15.1. The Balaban J connectivity index is 2.11. The number of amides is 1. The first kappa shape index (κ1) is 14.8. The van der Waals surface area contributed by atoms with Gasteiger partial charge in [0.05, 0.1) is 11.8 Å². The molecule has 1 fully saturated rings. The molecule has 2 unspecified atom stereocenters. The molecular formula is C12H12F3NO3S. The molecule has 0 saturated heterocycles. The predicted molar refractivity (Wildman–Crippen MR) is 65.3 cm³/mol. The molecule has 1 aromatic carbocycles. The van der Waals surface area contributed by atoms with Crippen LogP contribution >= 0.6 is 0 Å². The van der Waals surface area contributed by atoms with Crippen molar-refractivity contribution < 1.29 is 26.4 Å². The molecule has 8 heteroatoms. The van der Waals surface area contributed by atoms with E-state index >= 15 is 0 Å². The molecule has 0 bridgehead atoms. The molecule has 0 aliphatic heterocycles. The number of nitrogens with one attached hydrogen (secondary N) is 1. The molecule has 1 aliphatic rings. The smallest absolute Gasteiger partial charge is 0.274 e. The highest BCUT2D eigenvalue weighted by atomic mass is 32.2. The van der Waals surface area contributed by atoms with Gasteiger partial charge in [0, 0.05) is 5.92 Å².